The summed E-state index contributed by atoms with van der Waals surface area (Å²) in [6.07, 6.45) is -7.49. The van der Waals surface area contributed by atoms with E-state index in [2.05, 4.69) is 9.97 Å². The normalized spacial score (nSPS) is 11.7. The van der Waals surface area contributed by atoms with Gasteiger partial charge in [-0.25, -0.2) is 9.97 Å². The topological polar surface area (TPSA) is 93.9 Å². The number of ether oxygens (including phenoxy) is 3. The molecule has 0 radical (unpaired) electrons. The Bertz CT molecular complexity index is 1320. The molecule has 7 nitrogen and oxygen atoms in total. The maximum atomic E-state index is 13.4. The second kappa shape index (κ2) is 9.76. The molecule has 0 atom stereocenters. The van der Waals surface area contributed by atoms with Crippen molar-refractivity contribution in [2.24, 2.45) is 0 Å². The van der Waals surface area contributed by atoms with Crippen molar-refractivity contribution in [2.75, 3.05) is 0 Å². The van der Waals surface area contributed by atoms with Gasteiger partial charge in [0.05, 0.1) is 0 Å². The molecule has 0 aliphatic rings. The van der Waals surface area contributed by atoms with Crippen molar-refractivity contribution in [1.82, 2.24) is 9.97 Å². The van der Waals surface area contributed by atoms with E-state index in [4.69, 9.17) is 14.2 Å². The van der Waals surface area contributed by atoms with E-state index in [-0.39, 0.29) is 11.5 Å². The fourth-order valence-electron chi connectivity index (χ4n) is 3.02. The average Bonchev–Trinajstić information content (AvgIpc) is 2.82. The summed E-state index contributed by atoms with van der Waals surface area (Å²) in [4.78, 5) is 7.17. The van der Waals surface area contributed by atoms with E-state index in [0.717, 1.165) is 73.1 Å². The number of nitrogens with zero attached hydrogens (tertiary/aromatic N) is 2. The van der Waals surface area contributed by atoms with E-state index < -0.39 is 58.2 Å². The Morgan fingerprint density at radius 2 is 0.946 bits per heavy atom. The highest BCUT2D eigenvalue weighted by molar-refractivity contribution is 5.53. The second-order valence-electron chi connectivity index (χ2n) is 7.28. The molecular formula is C24H14F6N2O5. The molecule has 0 spiro atoms. The molecule has 0 bridgehead atoms. The lowest BCUT2D eigenvalue weighted by molar-refractivity contribution is -0.139. The highest BCUT2D eigenvalue weighted by Gasteiger charge is 2.36. The molecule has 0 amide bonds. The minimum absolute atomic E-state index is 0.260. The number of benzene rings is 2. The largest absolute Gasteiger partial charge is 0.508 e. The molecule has 2 heterocycles. The van der Waals surface area contributed by atoms with E-state index in [9.17, 15) is 36.6 Å². The quantitative estimate of drug-likeness (QED) is 0.256. The van der Waals surface area contributed by atoms with Crippen LogP contribution >= 0.6 is 0 Å². The second-order valence-corrected chi connectivity index (χ2v) is 7.28. The summed E-state index contributed by atoms with van der Waals surface area (Å²) in [7, 11) is 0. The Morgan fingerprint density at radius 1 is 0.541 bits per heavy atom. The van der Waals surface area contributed by atoms with Crippen LogP contribution in [0.2, 0.25) is 0 Å². The van der Waals surface area contributed by atoms with Crippen molar-refractivity contribution < 1.29 is 50.8 Å². The number of phenolic OH excluding ortho intramolecular Hbond substituents is 2. The van der Waals surface area contributed by atoms with Gasteiger partial charge in [0.25, 0.3) is 0 Å². The molecule has 4 aromatic rings. The highest BCUT2D eigenvalue weighted by atomic mass is 19.4. The first-order valence-electron chi connectivity index (χ1n) is 10.2. The zero-order valence-corrected chi connectivity index (χ0v) is 18.2. The lowest BCUT2D eigenvalue weighted by Gasteiger charge is -2.17. The van der Waals surface area contributed by atoms with Crippen molar-refractivity contribution in [3.63, 3.8) is 0 Å². The zero-order valence-electron chi connectivity index (χ0n) is 18.2. The molecule has 0 saturated heterocycles. The number of halogens is 6. The van der Waals surface area contributed by atoms with E-state index >= 15 is 0 Å². The fraction of sp³-hybridized carbons (Fsp3) is 0.0833. The summed E-state index contributed by atoms with van der Waals surface area (Å²) in [6.45, 7) is 0. The third-order valence-corrected chi connectivity index (χ3v) is 4.64. The van der Waals surface area contributed by atoms with Crippen LogP contribution in [0.1, 0.15) is 11.1 Å². The van der Waals surface area contributed by atoms with Crippen LogP contribution in [0.3, 0.4) is 0 Å². The van der Waals surface area contributed by atoms with Gasteiger partial charge >= 0.3 is 12.4 Å². The Morgan fingerprint density at radius 3 is 1.32 bits per heavy atom. The van der Waals surface area contributed by atoms with Gasteiger partial charge in [0.1, 0.15) is 22.6 Å². The third kappa shape index (κ3) is 5.94. The number of aromatic nitrogens is 2. The molecule has 0 saturated carbocycles. The molecule has 0 unspecified atom stereocenters. The Labute approximate surface area is 204 Å². The van der Waals surface area contributed by atoms with Gasteiger partial charge in [0.15, 0.2) is 23.0 Å². The molecule has 4 rings (SSSR count). The van der Waals surface area contributed by atoms with Crippen LogP contribution in [0.4, 0.5) is 26.3 Å². The minimum atomic E-state index is -4.81. The average molecular weight is 524 g/mol. The first kappa shape index (κ1) is 25.4. The molecule has 2 N–H and O–H groups in total. The lowest BCUT2D eigenvalue weighted by atomic mass is 10.2. The summed E-state index contributed by atoms with van der Waals surface area (Å²) in [5.41, 5.74) is -2.40. The predicted octanol–water partition coefficient (Wildman–Crippen LogP) is 7.30. The Balaban J connectivity index is 1.72. The molecule has 192 valence electrons. The van der Waals surface area contributed by atoms with Gasteiger partial charge in [-0.05, 0) is 48.5 Å². The molecule has 2 aromatic carbocycles. The molecule has 0 aliphatic carbocycles. The van der Waals surface area contributed by atoms with Gasteiger partial charge < -0.3 is 24.4 Å². The van der Waals surface area contributed by atoms with Gasteiger partial charge in [-0.2, -0.15) is 26.3 Å². The summed E-state index contributed by atoms with van der Waals surface area (Å²) in [6, 6.07) is 10.0. The first-order chi connectivity index (χ1) is 17.4. The van der Waals surface area contributed by atoms with Crippen LogP contribution in [0.25, 0.3) is 0 Å². The Hall–Kier alpha value is -4.68. The monoisotopic (exact) mass is 524 g/mol. The number of pyridine rings is 2. The third-order valence-electron chi connectivity index (χ3n) is 4.64. The Kier molecular flexibility index (Phi) is 6.70. The van der Waals surface area contributed by atoms with Crippen LogP contribution in [0, 0.1) is 0 Å². The van der Waals surface area contributed by atoms with E-state index in [1.54, 1.807) is 0 Å². The first-order valence-corrected chi connectivity index (χ1v) is 10.2. The number of alkyl halides is 6. The van der Waals surface area contributed by atoms with Crippen molar-refractivity contribution in [2.45, 2.75) is 12.4 Å². The maximum absolute atomic E-state index is 13.4. The molecule has 13 heteroatoms. The van der Waals surface area contributed by atoms with Gasteiger partial charge in [-0.3, -0.25) is 0 Å². The van der Waals surface area contributed by atoms with Crippen LogP contribution in [-0.4, -0.2) is 20.2 Å². The van der Waals surface area contributed by atoms with E-state index in [1.807, 2.05) is 0 Å². The number of phenols is 2. The number of aromatic hydroxyl groups is 2. The number of hydrogen-bond acceptors (Lipinski definition) is 7. The van der Waals surface area contributed by atoms with Crippen molar-refractivity contribution in [3.05, 3.63) is 84.2 Å². The highest BCUT2D eigenvalue weighted by Crippen LogP contribution is 2.45. The van der Waals surface area contributed by atoms with Crippen LogP contribution in [0.5, 0.6) is 46.3 Å². The number of hydrogen-bond donors (Lipinski definition) is 2. The van der Waals surface area contributed by atoms with Gasteiger partial charge in [-0.15, -0.1) is 0 Å². The molecule has 0 fully saturated rings. The SMILES string of the molecule is Oc1ccc(Oc2ccc(O)cc2Oc2ncccc2C(F)(F)F)c(Oc2ncccc2C(F)(F)F)c1. The molecule has 37 heavy (non-hydrogen) atoms. The summed E-state index contributed by atoms with van der Waals surface area (Å²) < 4.78 is 96.4. The van der Waals surface area contributed by atoms with Crippen molar-refractivity contribution in [1.29, 1.82) is 0 Å². The van der Waals surface area contributed by atoms with Crippen LogP contribution in [0.15, 0.2) is 73.1 Å². The van der Waals surface area contributed by atoms with Gasteiger partial charge in [0.2, 0.25) is 11.8 Å². The number of rotatable bonds is 6. The molecule has 0 aliphatic heterocycles. The summed E-state index contributed by atoms with van der Waals surface area (Å²) >= 11 is 0. The maximum Gasteiger partial charge on any atom is 0.421 e. The zero-order chi connectivity index (χ0) is 26.8. The minimum Gasteiger partial charge on any atom is -0.508 e. The van der Waals surface area contributed by atoms with Crippen molar-refractivity contribution >= 4 is 0 Å². The molecular weight excluding hydrogens is 510 g/mol. The smallest absolute Gasteiger partial charge is 0.421 e. The fourth-order valence-corrected chi connectivity index (χ4v) is 3.02. The predicted molar refractivity (Wildman–Crippen MR) is 115 cm³/mol. The lowest BCUT2D eigenvalue weighted by Crippen LogP contribution is -2.08. The summed E-state index contributed by atoms with van der Waals surface area (Å²) in [5, 5.41) is 19.7. The van der Waals surface area contributed by atoms with Crippen LogP contribution in [-0.2, 0) is 12.4 Å². The standard InChI is InChI=1S/C24H14F6N2O5/c25-23(26,27)15-3-1-9-31-21(15)36-19-11-13(33)5-7-17(19)35-18-8-6-14(34)12-20(18)37-22-16(24(28,29)30)4-2-10-32-22/h1-12,33-34H. The van der Waals surface area contributed by atoms with Gasteiger partial charge in [0, 0.05) is 24.5 Å². The van der Waals surface area contributed by atoms with E-state index in [0.29, 0.717) is 0 Å². The van der Waals surface area contributed by atoms with Crippen molar-refractivity contribution in [3.8, 4) is 46.3 Å². The molecule has 2 aromatic heterocycles. The summed E-state index contributed by atoms with van der Waals surface area (Å²) in [5.74, 6) is -3.79. The van der Waals surface area contributed by atoms with E-state index in [1.165, 1.54) is 0 Å². The van der Waals surface area contributed by atoms with Crippen LogP contribution < -0.4 is 14.2 Å². The van der Waals surface area contributed by atoms with Gasteiger partial charge in [-0.1, -0.05) is 0 Å².